The molecule has 2 N–H and O–H groups in total. The number of hydrogen-bond donors (Lipinski definition) is 1. The van der Waals surface area contributed by atoms with E-state index in [4.69, 9.17) is 5.73 Å². The van der Waals surface area contributed by atoms with Crippen LogP contribution in [0.25, 0.3) is 0 Å². The van der Waals surface area contributed by atoms with Gasteiger partial charge < -0.3 is 5.73 Å². The van der Waals surface area contributed by atoms with Gasteiger partial charge in [-0.15, -0.1) is 0 Å². The van der Waals surface area contributed by atoms with E-state index in [1.807, 2.05) is 13.8 Å². The van der Waals surface area contributed by atoms with Crippen LogP contribution in [0.2, 0.25) is 0 Å². The first-order valence-corrected chi connectivity index (χ1v) is 2.62. The minimum Gasteiger partial charge on any atom is -0.330 e. The van der Waals surface area contributed by atoms with Gasteiger partial charge >= 0.3 is 0 Å². The molecule has 59 valence electrons. The van der Waals surface area contributed by atoms with E-state index in [2.05, 4.69) is 6.92 Å². The van der Waals surface area contributed by atoms with Gasteiger partial charge in [-0.1, -0.05) is 35.6 Å². The Morgan fingerprint density at radius 2 is 1.22 bits per heavy atom. The van der Waals surface area contributed by atoms with Gasteiger partial charge in [-0.05, 0) is 13.0 Å². The minimum absolute atomic E-state index is 0. The molecule has 0 amide bonds. The summed E-state index contributed by atoms with van der Waals surface area (Å²) in [5, 5.41) is 0. The molecular formula is C7H23BN. The number of rotatable bonds is 1. The molecule has 0 unspecified atom stereocenters. The smallest absolute Gasteiger partial charge is 0 e. The molecule has 1 nitrogen and oxygen atoms in total. The molecule has 0 aromatic carbocycles. The molecule has 0 spiro atoms. The van der Waals surface area contributed by atoms with Crippen LogP contribution in [0, 0.1) is 0 Å². The lowest BCUT2D eigenvalue weighted by Crippen LogP contribution is -1.93. The second-order valence-corrected chi connectivity index (χ2v) is 0.789. The van der Waals surface area contributed by atoms with E-state index in [1.165, 1.54) is 0 Å². The van der Waals surface area contributed by atoms with Gasteiger partial charge in [0.2, 0.25) is 0 Å². The monoisotopic (exact) mass is 132 g/mol. The maximum atomic E-state index is 5.03. The molecule has 0 aromatic rings. The minimum atomic E-state index is 0. The number of hydrogen-bond acceptors (Lipinski definition) is 1. The van der Waals surface area contributed by atoms with Crippen LogP contribution in [-0.2, 0) is 0 Å². The van der Waals surface area contributed by atoms with Crippen molar-refractivity contribution in [2.24, 2.45) is 5.73 Å². The van der Waals surface area contributed by atoms with Crippen LogP contribution in [0.4, 0.5) is 0 Å². The second kappa shape index (κ2) is 96.6. The molecule has 0 bridgehead atoms. The fourth-order valence-corrected chi connectivity index (χ4v) is 0. The van der Waals surface area contributed by atoms with Crippen molar-refractivity contribution in [1.29, 1.82) is 0 Å². The highest BCUT2D eigenvalue weighted by molar-refractivity contribution is 5.75. The van der Waals surface area contributed by atoms with Crippen LogP contribution < -0.4 is 5.73 Å². The Hall–Kier alpha value is 0.0249. The summed E-state index contributed by atoms with van der Waals surface area (Å²) in [4.78, 5) is 0. The summed E-state index contributed by atoms with van der Waals surface area (Å²) in [7, 11) is 0. The first-order chi connectivity index (χ1) is 2.91. The number of nitrogens with two attached hydrogens (primary N) is 1. The molecule has 0 saturated carbocycles. The van der Waals surface area contributed by atoms with E-state index in [9.17, 15) is 0 Å². The van der Waals surface area contributed by atoms with Crippen LogP contribution in [0.15, 0.2) is 0 Å². The van der Waals surface area contributed by atoms with Gasteiger partial charge in [-0.2, -0.15) is 0 Å². The van der Waals surface area contributed by atoms with Gasteiger partial charge in [0.05, 0.1) is 0 Å². The largest absolute Gasteiger partial charge is 0.330 e. The third-order valence-electron chi connectivity index (χ3n) is 0.289. The fraction of sp³-hybridized carbons (Fsp3) is 1.00. The Bertz CT molecular complexity index is 10.9. The Balaban J connectivity index is -0.00000000990. The van der Waals surface area contributed by atoms with E-state index in [-0.39, 0.29) is 23.3 Å². The van der Waals surface area contributed by atoms with Crippen LogP contribution >= 0.6 is 0 Å². The summed E-state index contributed by atoms with van der Waals surface area (Å²) in [6.07, 6.45) is 1.10. The molecule has 0 heterocycles. The molecule has 0 aliphatic rings. The zero-order valence-electron chi connectivity index (χ0n) is 5.57. The van der Waals surface area contributed by atoms with E-state index < -0.39 is 0 Å². The van der Waals surface area contributed by atoms with Crippen molar-refractivity contribution in [1.82, 2.24) is 0 Å². The first-order valence-electron chi connectivity index (χ1n) is 2.62. The molecule has 0 rings (SSSR count). The topological polar surface area (TPSA) is 26.0 Å². The summed E-state index contributed by atoms with van der Waals surface area (Å²) >= 11 is 0. The summed E-state index contributed by atoms with van der Waals surface area (Å²) in [5.74, 6) is 0. The Morgan fingerprint density at radius 3 is 1.22 bits per heavy atom. The van der Waals surface area contributed by atoms with E-state index >= 15 is 0 Å². The fourth-order valence-electron chi connectivity index (χ4n) is 0. The Morgan fingerprint density at radius 1 is 1.11 bits per heavy atom. The zero-order chi connectivity index (χ0) is 5.41. The third-order valence-corrected chi connectivity index (χ3v) is 0.289. The van der Waals surface area contributed by atoms with E-state index in [0.717, 1.165) is 13.0 Å². The summed E-state index contributed by atoms with van der Waals surface area (Å²) in [6.45, 7) is 6.88. The van der Waals surface area contributed by atoms with Crippen LogP contribution in [0.5, 0.6) is 0 Å². The maximum absolute atomic E-state index is 5.03. The maximum Gasteiger partial charge on any atom is 0 e. The Kier molecular flexibility index (Phi) is 385. The molecule has 0 aromatic heterocycles. The van der Waals surface area contributed by atoms with Crippen molar-refractivity contribution in [3.8, 4) is 0 Å². The first kappa shape index (κ1) is 35.9. The molecule has 0 aliphatic heterocycles. The highest BCUT2D eigenvalue weighted by Gasteiger charge is 1.55. The quantitative estimate of drug-likeness (QED) is 0.544. The Labute approximate surface area is 63.6 Å². The second-order valence-electron chi connectivity index (χ2n) is 0.789. The molecule has 9 heavy (non-hydrogen) atoms. The average molecular weight is 132 g/mol. The predicted octanol–water partition coefficient (Wildman–Crippen LogP) is 2.27. The van der Waals surface area contributed by atoms with E-state index in [1.54, 1.807) is 0 Å². The lowest BCUT2D eigenvalue weighted by Gasteiger charge is -1.70. The van der Waals surface area contributed by atoms with Crippen molar-refractivity contribution >= 4 is 8.41 Å². The summed E-state index contributed by atoms with van der Waals surface area (Å²) in [6, 6.07) is 0. The van der Waals surface area contributed by atoms with Crippen LogP contribution in [-0.4, -0.2) is 15.0 Å². The summed E-state index contributed by atoms with van der Waals surface area (Å²) < 4.78 is 0. The van der Waals surface area contributed by atoms with Gasteiger partial charge in [-0.25, -0.2) is 0 Å². The molecule has 0 fully saturated rings. The van der Waals surface area contributed by atoms with Crippen molar-refractivity contribution in [2.75, 3.05) is 6.54 Å². The van der Waals surface area contributed by atoms with Gasteiger partial charge in [0.15, 0.2) is 0 Å². The third kappa shape index (κ3) is 277. The molecule has 3 radical (unpaired) electrons. The molecular weight excluding hydrogens is 109 g/mol. The lowest BCUT2D eigenvalue weighted by molar-refractivity contribution is 0.932. The molecule has 0 atom stereocenters. The van der Waals surface area contributed by atoms with Crippen LogP contribution in [0.3, 0.4) is 0 Å². The van der Waals surface area contributed by atoms with Crippen molar-refractivity contribution in [3.63, 3.8) is 0 Å². The highest BCUT2D eigenvalue weighted by atomic mass is 14.5. The van der Waals surface area contributed by atoms with E-state index in [0.29, 0.717) is 0 Å². The standard InChI is InChI=1S/C3H9N.C2H6.2CH4.B/c1-2-3-4;1-2;;;/h2-4H2,1H3;1-2H3;2*1H4;. The van der Waals surface area contributed by atoms with Crippen molar-refractivity contribution < 1.29 is 0 Å². The SMILES string of the molecule is C.C.CC.CCCN.[B]. The van der Waals surface area contributed by atoms with Crippen LogP contribution in [0.1, 0.15) is 42.0 Å². The molecule has 2 heteroatoms. The normalized spacial score (nSPS) is 4.00. The average Bonchev–Trinajstić information content (AvgIpc) is 1.72. The highest BCUT2D eigenvalue weighted by Crippen LogP contribution is 1.57. The van der Waals surface area contributed by atoms with Gasteiger partial charge in [-0.3, -0.25) is 0 Å². The lowest BCUT2D eigenvalue weighted by atomic mass is 10.5. The molecule has 0 saturated heterocycles. The summed E-state index contributed by atoms with van der Waals surface area (Å²) in [5.41, 5.74) is 5.03. The van der Waals surface area contributed by atoms with Gasteiger partial charge in [0, 0.05) is 8.41 Å². The zero-order valence-corrected chi connectivity index (χ0v) is 5.57. The van der Waals surface area contributed by atoms with Gasteiger partial charge in [0.1, 0.15) is 0 Å². The predicted molar refractivity (Wildman–Crippen MR) is 49.9 cm³/mol. The molecule has 0 aliphatic carbocycles. The van der Waals surface area contributed by atoms with Gasteiger partial charge in [0.25, 0.3) is 0 Å². The van der Waals surface area contributed by atoms with Crippen molar-refractivity contribution in [3.05, 3.63) is 0 Å². The van der Waals surface area contributed by atoms with Crippen molar-refractivity contribution in [2.45, 2.75) is 42.0 Å².